The molecular formula is C12H21N3. The summed E-state index contributed by atoms with van der Waals surface area (Å²) in [5.74, 6) is 0. The Hall–Kier alpha value is -0.900. The zero-order valence-electron chi connectivity index (χ0n) is 9.83. The monoisotopic (exact) mass is 207 g/mol. The lowest BCUT2D eigenvalue weighted by Crippen LogP contribution is -2.38. The number of nitrogens with one attached hydrogen (secondary N) is 1. The summed E-state index contributed by atoms with van der Waals surface area (Å²) in [5, 5.41) is 1.95. The average molecular weight is 207 g/mol. The van der Waals surface area contributed by atoms with Crippen molar-refractivity contribution in [2.75, 3.05) is 20.6 Å². The summed E-state index contributed by atoms with van der Waals surface area (Å²) < 4.78 is 0. The van der Waals surface area contributed by atoms with E-state index >= 15 is 0 Å². The van der Waals surface area contributed by atoms with Gasteiger partial charge >= 0.3 is 0 Å². The van der Waals surface area contributed by atoms with Gasteiger partial charge in [-0.1, -0.05) is 31.2 Å². The lowest BCUT2D eigenvalue weighted by atomic mass is 9.99. The highest BCUT2D eigenvalue weighted by Crippen LogP contribution is 2.17. The van der Waals surface area contributed by atoms with E-state index in [9.17, 15) is 0 Å². The van der Waals surface area contributed by atoms with Crippen molar-refractivity contribution >= 4 is 0 Å². The van der Waals surface area contributed by atoms with Crippen molar-refractivity contribution < 1.29 is 0 Å². The Morgan fingerprint density at radius 2 is 2.00 bits per heavy atom. The van der Waals surface area contributed by atoms with Gasteiger partial charge in [0.2, 0.25) is 0 Å². The number of hydrazine groups is 1. The minimum Gasteiger partial charge on any atom is -0.329 e. The van der Waals surface area contributed by atoms with E-state index in [4.69, 9.17) is 5.73 Å². The zero-order valence-corrected chi connectivity index (χ0v) is 9.83. The Kier molecular flexibility index (Phi) is 4.75. The fraction of sp³-hybridized carbons (Fsp3) is 0.500. The van der Waals surface area contributed by atoms with E-state index in [0.29, 0.717) is 6.54 Å². The van der Waals surface area contributed by atoms with Crippen LogP contribution in [-0.4, -0.2) is 25.6 Å². The quantitative estimate of drug-likeness (QED) is 0.715. The van der Waals surface area contributed by atoms with Crippen molar-refractivity contribution in [3.8, 4) is 0 Å². The molecule has 1 unspecified atom stereocenters. The van der Waals surface area contributed by atoms with E-state index in [1.807, 2.05) is 19.1 Å². The molecule has 1 atom stereocenters. The van der Waals surface area contributed by atoms with Crippen LogP contribution in [-0.2, 0) is 6.42 Å². The number of benzene rings is 1. The molecule has 0 spiro atoms. The number of hydrogen-bond donors (Lipinski definition) is 2. The third-order valence-corrected chi connectivity index (χ3v) is 2.46. The van der Waals surface area contributed by atoms with E-state index in [-0.39, 0.29) is 6.04 Å². The highest BCUT2D eigenvalue weighted by molar-refractivity contribution is 5.30. The molecule has 0 aliphatic rings. The molecule has 15 heavy (non-hydrogen) atoms. The van der Waals surface area contributed by atoms with Crippen molar-refractivity contribution in [2.45, 2.75) is 19.4 Å². The normalized spacial score (nSPS) is 13.1. The summed E-state index contributed by atoms with van der Waals surface area (Å²) in [7, 11) is 3.97. The van der Waals surface area contributed by atoms with Gasteiger partial charge in [0.15, 0.2) is 0 Å². The molecule has 0 radical (unpaired) electrons. The van der Waals surface area contributed by atoms with Crippen LogP contribution in [0.4, 0.5) is 0 Å². The number of nitrogens with zero attached hydrogens (tertiary/aromatic N) is 1. The number of hydrogen-bond acceptors (Lipinski definition) is 3. The standard InChI is InChI=1S/C12H21N3/c1-4-10-7-5-6-8-11(10)12(9-13)14-15(2)3/h5-8,12,14H,4,9,13H2,1-3H3. The predicted octanol–water partition coefficient (Wildman–Crippen LogP) is 1.32. The van der Waals surface area contributed by atoms with Gasteiger partial charge in [-0.15, -0.1) is 0 Å². The van der Waals surface area contributed by atoms with Crippen LogP contribution in [0.25, 0.3) is 0 Å². The Morgan fingerprint density at radius 1 is 1.33 bits per heavy atom. The number of rotatable bonds is 5. The highest BCUT2D eigenvalue weighted by Gasteiger charge is 2.12. The first kappa shape index (κ1) is 12.2. The summed E-state index contributed by atoms with van der Waals surface area (Å²) in [6.07, 6.45) is 1.04. The Balaban J connectivity index is 2.90. The van der Waals surface area contributed by atoms with Crippen LogP contribution in [0.15, 0.2) is 24.3 Å². The fourth-order valence-corrected chi connectivity index (χ4v) is 1.76. The third kappa shape index (κ3) is 3.30. The molecule has 0 aromatic heterocycles. The molecule has 0 fully saturated rings. The first-order chi connectivity index (χ1) is 7.19. The Labute approximate surface area is 92.2 Å². The van der Waals surface area contributed by atoms with Crippen LogP contribution in [0, 0.1) is 0 Å². The van der Waals surface area contributed by atoms with E-state index < -0.39 is 0 Å². The van der Waals surface area contributed by atoms with Gasteiger partial charge < -0.3 is 5.73 Å². The molecule has 3 nitrogen and oxygen atoms in total. The second-order valence-electron chi connectivity index (χ2n) is 3.86. The molecule has 0 saturated heterocycles. The smallest absolute Gasteiger partial charge is 0.0589 e. The van der Waals surface area contributed by atoms with Crippen molar-refractivity contribution in [3.63, 3.8) is 0 Å². The molecule has 0 aliphatic carbocycles. The lowest BCUT2D eigenvalue weighted by molar-refractivity contribution is 0.245. The van der Waals surface area contributed by atoms with Crippen LogP contribution < -0.4 is 11.2 Å². The lowest BCUT2D eigenvalue weighted by Gasteiger charge is -2.23. The van der Waals surface area contributed by atoms with E-state index in [2.05, 4.69) is 36.6 Å². The van der Waals surface area contributed by atoms with Gasteiger partial charge in [0.25, 0.3) is 0 Å². The maximum atomic E-state index is 5.79. The van der Waals surface area contributed by atoms with Gasteiger partial charge in [0.1, 0.15) is 0 Å². The molecule has 0 bridgehead atoms. The summed E-state index contributed by atoms with van der Waals surface area (Å²) >= 11 is 0. The van der Waals surface area contributed by atoms with Crippen molar-refractivity contribution in [1.29, 1.82) is 0 Å². The minimum absolute atomic E-state index is 0.205. The molecular weight excluding hydrogens is 186 g/mol. The van der Waals surface area contributed by atoms with E-state index in [0.717, 1.165) is 6.42 Å². The van der Waals surface area contributed by atoms with Crippen LogP contribution in [0.1, 0.15) is 24.1 Å². The Morgan fingerprint density at radius 3 is 2.53 bits per heavy atom. The third-order valence-electron chi connectivity index (χ3n) is 2.46. The maximum absolute atomic E-state index is 5.79. The summed E-state index contributed by atoms with van der Waals surface area (Å²) in [5.41, 5.74) is 11.8. The van der Waals surface area contributed by atoms with Gasteiger partial charge in [-0.3, -0.25) is 0 Å². The van der Waals surface area contributed by atoms with Gasteiger partial charge in [-0.25, -0.2) is 10.4 Å². The van der Waals surface area contributed by atoms with Gasteiger partial charge in [0, 0.05) is 20.6 Å². The summed E-state index contributed by atoms with van der Waals surface area (Å²) in [6, 6.07) is 8.65. The first-order valence-corrected chi connectivity index (χ1v) is 5.40. The van der Waals surface area contributed by atoms with Crippen molar-refractivity contribution in [2.24, 2.45) is 5.73 Å². The number of nitrogens with two attached hydrogens (primary N) is 1. The zero-order chi connectivity index (χ0) is 11.3. The maximum Gasteiger partial charge on any atom is 0.0589 e. The van der Waals surface area contributed by atoms with Crippen molar-refractivity contribution in [3.05, 3.63) is 35.4 Å². The van der Waals surface area contributed by atoms with Crippen LogP contribution >= 0.6 is 0 Å². The topological polar surface area (TPSA) is 41.3 Å². The Bertz CT molecular complexity index is 297. The molecule has 1 rings (SSSR count). The van der Waals surface area contributed by atoms with Crippen LogP contribution in [0.2, 0.25) is 0 Å². The molecule has 3 N–H and O–H groups in total. The van der Waals surface area contributed by atoms with Gasteiger partial charge in [-0.05, 0) is 17.5 Å². The largest absolute Gasteiger partial charge is 0.329 e. The molecule has 0 heterocycles. The SMILES string of the molecule is CCc1ccccc1C(CN)NN(C)C. The molecule has 1 aromatic carbocycles. The molecule has 3 heteroatoms. The fourth-order valence-electron chi connectivity index (χ4n) is 1.76. The molecule has 84 valence electrons. The van der Waals surface area contributed by atoms with Gasteiger partial charge in [0.05, 0.1) is 6.04 Å². The summed E-state index contributed by atoms with van der Waals surface area (Å²) in [6.45, 7) is 2.78. The van der Waals surface area contributed by atoms with E-state index in [1.165, 1.54) is 11.1 Å². The van der Waals surface area contributed by atoms with E-state index in [1.54, 1.807) is 0 Å². The second kappa shape index (κ2) is 5.85. The predicted molar refractivity (Wildman–Crippen MR) is 64.4 cm³/mol. The highest BCUT2D eigenvalue weighted by atomic mass is 15.5. The first-order valence-electron chi connectivity index (χ1n) is 5.40. The van der Waals surface area contributed by atoms with Crippen LogP contribution in [0.5, 0.6) is 0 Å². The molecule has 1 aromatic rings. The molecule has 0 amide bonds. The minimum atomic E-state index is 0.205. The molecule has 0 saturated carbocycles. The van der Waals surface area contributed by atoms with Gasteiger partial charge in [-0.2, -0.15) is 0 Å². The number of aryl methyl sites for hydroxylation is 1. The average Bonchev–Trinajstić information content (AvgIpc) is 2.25. The summed E-state index contributed by atoms with van der Waals surface area (Å²) in [4.78, 5) is 0. The molecule has 0 aliphatic heterocycles. The van der Waals surface area contributed by atoms with Crippen LogP contribution in [0.3, 0.4) is 0 Å². The second-order valence-corrected chi connectivity index (χ2v) is 3.86. The van der Waals surface area contributed by atoms with Crippen molar-refractivity contribution in [1.82, 2.24) is 10.4 Å².